The molecule has 0 bridgehead atoms. The van der Waals surface area contributed by atoms with E-state index in [2.05, 4.69) is 0 Å². The molecule has 0 aliphatic carbocycles. The SMILES string of the molecule is O=C(O)c1ccc(F)c(F)c1O.[Na+].[O-]B(O)O. The number of phenols is 1. The summed E-state index contributed by atoms with van der Waals surface area (Å²) in [4.78, 5) is 10.2. The van der Waals surface area contributed by atoms with Gasteiger partial charge in [0.1, 0.15) is 5.56 Å². The number of benzene rings is 1. The maximum absolute atomic E-state index is 12.5. The maximum atomic E-state index is 12.5. The van der Waals surface area contributed by atoms with Crippen LogP contribution in [0.5, 0.6) is 5.75 Å². The van der Waals surface area contributed by atoms with Crippen molar-refractivity contribution in [2.45, 2.75) is 0 Å². The standard InChI is InChI=1S/C7H4F2O3.BH2O3.Na/c8-4-2-1-3(7(11)12)6(10)5(4)9;2-1(3)4;/h1-2,10H,(H,11,12);2-3H;/q;-1;+1. The zero-order chi connectivity index (χ0) is 12.9. The average molecular weight is 258 g/mol. The normalized spacial score (nSPS) is 8.53. The molecule has 0 aliphatic rings. The first-order valence-corrected chi connectivity index (χ1v) is 3.69. The van der Waals surface area contributed by atoms with E-state index in [0.717, 1.165) is 6.07 Å². The van der Waals surface area contributed by atoms with Gasteiger partial charge in [0, 0.05) is 0 Å². The van der Waals surface area contributed by atoms with Gasteiger partial charge in [-0.2, -0.15) is 4.39 Å². The van der Waals surface area contributed by atoms with E-state index in [1.807, 2.05) is 0 Å². The first-order valence-electron chi connectivity index (χ1n) is 3.69. The van der Waals surface area contributed by atoms with Gasteiger partial charge in [-0.05, 0) is 12.1 Å². The molecule has 0 fully saturated rings. The third-order valence-electron chi connectivity index (χ3n) is 1.30. The molecule has 0 atom stereocenters. The number of hydrogen-bond acceptors (Lipinski definition) is 5. The first-order chi connectivity index (χ1) is 7.27. The monoisotopic (exact) mass is 258 g/mol. The van der Waals surface area contributed by atoms with Crippen LogP contribution in [0.1, 0.15) is 10.4 Å². The topological polar surface area (TPSA) is 121 Å². The summed E-state index contributed by atoms with van der Waals surface area (Å²) in [6.07, 6.45) is 0. The van der Waals surface area contributed by atoms with E-state index in [4.69, 9.17) is 25.3 Å². The Morgan fingerprint density at radius 1 is 1.29 bits per heavy atom. The molecule has 0 saturated carbocycles. The minimum absolute atomic E-state index is 0. The van der Waals surface area contributed by atoms with Crippen molar-refractivity contribution in [3.8, 4) is 5.75 Å². The van der Waals surface area contributed by atoms with Crippen LogP contribution < -0.4 is 34.6 Å². The van der Waals surface area contributed by atoms with E-state index in [1.54, 1.807) is 0 Å². The van der Waals surface area contributed by atoms with Crippen LogP contribution in [-0.4, -0.2) is 33.6 Å². The minimum atomic E-state index is -2.42. The molecule has 10 heteroatoms. The van der Waals surface area contributed by atoms with E-state index in [1.165, 1.54) is 0 Å². The predicted molar refractivity (Wildman–Crippen MR) is 45.2 cm³/mol. The summed E-state index contributed by atoms with van der Waals surface area (Å²) in [6, 6.07) is 1.43. The molecule has 1 rings (SSSR count). The summed E-state index contributed by atoms with van der Waals surface area (Å²) in [5, 5.41) is 39.8. The minimum Gasteiger partial charge on any atom is -0.832 e. The molecule has 0 aliphatic heterocycles. The molecule has 17 heavy (non-hydrogen) atoms. The van der Waals surface area contributed by atoms with Crippen molar-refractivity contribution in [3.63, 3.8) is 0 Å². The van der Waals surface area contributed by atoms with Crippen molar-refractivity contribution in [2.24, 2.45) is 0 Å². The van der Waals surface area contributed by atoms with E-state index in [0.29, 0.717) is 6.07 Å². The van der Waals surface area contributed by atoms with Gasteiger partial charge < -0.3 is 25.3 Å². The van der Waals surface area contributed by atoms with Crippen LogP contribution >= 0.6 is 0 Å². The third-order valence-corrected chi connectivity index (χ3v) is 1.30. The number of carbonyl (C=O) groups is 1. The van der Waals surface area contributed by atoms with E-state index in [-0.39, 0.29) is 29.6 Å². The summed E-state index contributed by atoms with van der Waals surface area (Å²) in [7, 11) is -2.42. The van der Waals surface area contributed by atoms with Crippen LogP contribution in [0.3, 0.4) is 0 Å². The number of carboxylic acid groups (broad SMARTS) is 1. The van der Waals surface area contributed by atoms with Gasteiger partial charge in [0.2, 0.25) is 5.82 Å². The molecule has 0 spiro atoms. The van der Waals surface area contributed by atoms with Crippen molar-refractivity contribution >= 4 is 13.3 Å². The van der Waals surface area contributed by atoms with Gasteiger partial charge in [-0.15, -0.1) is 0 Å². The summed E-state index contributed by atoms with van der Waals surface area (Å²) in [5.41, 5.74) is -0.658. The number of halogens is 2. The van der Waals surface area contributed by atoms with E-state index >= 15 is 0 Å². The van der Waals surface area contributed by atoms with Crippen LogP contribution in [0.15, 0.2) is 12.1 Å². The van der Waals surface area contributed by atoms with Gasteiger partial charge >= 0.3 is 42.8 Å². The summed E-state index contributed by atoms with van der Waals surface area (Å²) in [5.74, 6) is -5.51. The summed E-state index contributed by atoms with van der Waals surface area (Å²) >= 11 is 0. The molecule has 0 amide bonds. The Labute approximate surface area is 117 Å². The second-order valence-corrected chi connectivity index (χ2v) is 2.39. The third kappa shape index (κ3) is 6.56. The molecule has 88 valence electrons. The Morgan fingerprint density at radius 3 is 2.06 bits per heavy atom. The number of carboxylic acids is 1. The van der Waals surface area contributed by atoms with Crippen LogP contribution in [0.2, 0.25) is 0 Å². The number of rotatable bonds is 1. The predicted octanol–water partition coefficient (Wildman–Crippen LogP) is -4.31. The molecule has 0 aromatic heterocycles. The molecule has 0 unspecified atom stereocenters. The maximum Gasteiger partial charge on any atom is 1.00 e. The summed E-state index contributed by atoms with van der Waals surface area (Å²) < 4.78 is 24.8. The van der Waals surface area contributed by atoms with Gasteiger partial charge in [-0.3, -0.25) is 0 Å². The number of hydrogen-bond donors (Lipinski definition) is 4. The molecule has 1 aromatic rings. The van der Waals surface area contributed by atoms with E-state index < -0.39 is 36.2 Å². The Hall–Kier alpha value is -0.705. The van der Waals surface area contributed by atoms with Gasteiger partial charge in [0.05, 0.1) is 0 Å². The summed E-state index contributed by atoms with van der Waals surface area (Å²) in [6.45, 7) is 0. The van der Waals surface area contributed by atoms with E-state index in [9.17, 15) is 13.6 Å². The van der Waals surface area contributed by atoms with Crippen LogP contribution in [-0.2, 0) is 0 Å². The fraction of sp³-hybridized carbons (Fsp3) is 0. The molecule has 0 saturated heterocycles. The first kappa shape index (κ1) is 18.7. The van der Waals surface area contributed by atoms with Crippen molar-refractivity contribution < 1.29 is 68.4 Å². The van der Waals surface area contributed by atoms with Gasteiger partial charge in [0.25, 0.3) is 0 Å². The smallest absolute Gasteiger partial charge is 0.832 e. The Morgan fingerprint density at radius 2 is 1.71 bits per heavy atom. The van der Waals surface area contributed by atoms with Crippen molar-refractivity contribution in [1.82, 2.24) is 0 Å². The van der Waals surface area contributed by atoms with Crippen LogP contribution in [0.25, 0.3) is 0 Å². The molecule has 6 nitrogen and oxygen atoms in total. The van der Waals surface area contributed by atoms with Crippen molar-refractivity contribution in [1.29, 1.82) is 0 Å². The van der Waals surface area contributed by atoms with Crippen LogP contribution in [0.4, 0.5) is 8.78 Å². The fourth-order valence-corrected chi connectivity index (χ4v) is 0.713. The van der Waals surface area contributed by atoms with Crippen molar-refractivity contribution in [3.05, 3.63) is 29.3 Å². The molecular formula is C7H6BF2NaO6. The fourth-order valence-electron chi connectivity index (χ4n) is 0.713. The molecule has 0 heterocycles. The molecule has 4 N–H and O–H groups in total. The Balaban J connectivity index is 0. The second kappa shape index (κ2) is 8.40. The zero-order valence-electron chi connectivity index (χ0n) is 8.59. The molecular weight excluding hydrogens is 252 g/mol. The Bertz CT molecular complexity index is 386. The van der Waals surface area contributed by atoms with Crippen LogP contribution in [0, 0.1) is 11.6 Å². The second-order valence-electron chi connectivity index (χ2n) is 2.39. The Kier molecular flexibility index (Phi) is 9.21. The van der Waals surface area contributed by atoms with Gasteiger partial charge in [-0.1, -0.05) is 0 Å². The van der Waals surface area contributed by atoms with Gasteiger partial charge in [0.15, 0.2) is 11.6 Å². The van der Waals surface area contributed by atoms with Gasteiger partial charge in [-0.25, -0.2) is 9.18 Å². The largest absolute Gasteiger partial charge is 1.00 e. The molecule has 0 radical (unpaired) electrons. The quantitative estimate of drug-likeness (QED) is 0.378. The van der Waals surface area contributed by atoms with Crippen molar-refractivity contribution in [2.75, 3.05) is 0 Å². The number of aromatic carboxylic acids is 1. The average Bonchev–Trinajstić information content (AvgIpc) is 2.13. The molecule has 1 aromatic carbocycles. The zero-order valence-corrected chi connectivity index (χ0v) is 10.6. The number of aromatic hydroxyl groups is 1.